The first-order chi connectivity index (χ1) is 17.5. The number of rotatable bonds is 10. The molecule has 1 saturated carbocycles. The summed E-state index contributed by atoms with van der Waals surface area (Å²) in [6.45, 7) is 4.98. The number of fused-ring (bicyclic) bond motifs is 1. The molecule has 3 amide bonds. The van der Waals surface area contributed by atoms with Crippen molar-refractivity contribution in [3.8, 4) is 5.75 Å². The molecule has 1 aliphatic carbocycles. The van der Waals surface area contributed by atoms with Crippen LogP contribution in [-0.4, -0.2) is 35.8 Å². The first-order valence-electron chi connectivity index (χ1n) is 12.5. The summed E-state index contributed by atoms with van der Waals surface area (Å²) in [5.41, 5.74) is 1.63. The zero-order valence-corrected chi connectivity index (χ0v) is 21.3. The van der Waals surface area contributed by atoms with Gasteiger partial charge in [0.05, 0.1) is 30.3 Å². The van der Waals surface area contributed by atoms with Crippen molar-refractivity contribution in [2.24, 2.45) is 11.8 Å². The lowest BCUT2D eigenvalue weighted by atomic mass is 10.1. The summed E-state index contributed by atoms with van der Waals surface area (Å²) >= 11 is 1.67. The van der Waals surface area contributed by atoms with E-state index in [2.05, 4.69) is 25.2 Å². The molecule has 1 aliphatic heterocycles. The Kier molecular flexibility index (Phi) is 6.92. The summed E-state index contributed by atoms with van der Waals surface area (Å²) < 4.78 is 5.88. The van der Waals surface area contributed by atoms with Gasteiger partial charge in [0.2, 0.25) is 5.91 Å². The zero-order chi connectivity index (χ0) is 25.2. The van der Waals surface area contributed by atoms with Crippen molar-refractivity contribution in [1.29, 1.82) is 0 Å². The van der Waals surface area contributed by atoms with Gasteiger partial charge < -0.3 is 10.1 Å². The molecule has 2 aromatic carbocycles. The second kappa shape index (κ2) is 10.3. The smallest absolute Gasteiger partial charge is 0.261 e. The Labute approximate surface area is 215 Å². The van der Waals surface area contributed by atoms with Gasteiger partial charge in [-0.1, -0.05) is 50.6 Å². The maximum Gasteiger partial charge on any atom is 0.261 e. The quantitative estimate of drug-likeness (QED) is 0.375. The van der Waals surface area contributed by atoms with Crippen LogP contribution in [0.4, 0.5) is 0 Å². The van der Waals surface area contributed by atoms with Crippen LogP contribution in [-0.2, 0) is 4.79 Å². The molecule has 0 spiro atoms. The second-order valence-electron chi connectivity index (χ2n) is 9.69. The lowest BCUT2D eigenvalue weighted by Crippen LogP contribution is -2.41. The number of benzene rings is 2. The van der Waals surface area contributed by atoms with Crippen molar-refractivity contribution >= 4 is 29.1 Å². The fourth-order valence-corrected chi connectivity index (χ4v) is 5.46. The number of carbonyl (C=O) groups is 3. The summed E-state index contributed by atoms with van der Waals surface area (Å²) in [7, 11) is 0. The van der Waals surface area contributed by atoms with E-state index in [9.17, 15) is 14.4 Å². The monoisotopic (exact) mass is 502 g/mol. The van der Waals surface area contributed by atoms with E-state index in [0.717, 1.165) is 24.2 Å². The van der Waals surface area contributed by atoms with E-state index < -0.39 is 6.04 Å². The Balaban J connectivity index is 1.34. The normalized spacial score (nSPS) is 20.1. The molecular formula is C29H30N2O4S. The van der Waals surface area contributed by atoms with Crippen molar-refractivity contribution in [2.45, 2.75) is 38.6 Å². The molecule has 1 N–H and O–H groups in total. The topological polar surface area (TPSA) is 75.7 Å². The van der Waals surface area contributed by atoms with E-state index in [1.807, 2.05) is 35.7 Å². The largest absolute Gasteiger partial charge is 0.493 e. The highest BCUT2D eigenvalue weighted by Gasteiger charge is 2.45. The van der Waals surface area contributed by atoms with E-state index in [-0.39, 0.29) is 36.1 Å². The van der Waals surface area contributed by atoms with Gasteiger partial charge in [-0.05, 0) is 53.6 Å². The molecule has 1 aromatic heterocycles. The molecule has 0 bridgehead atoms. The highest BCUT2D eigenvalue weighted by atomic mass is 32.1. The van der Waals surface area contributed by atoms with Gasteiger partial charge in [0.1, 0.15) is 5.75 Å². The van der Waals surface area contributed by atoms with E-state index in [4.69, 9.17) is 4.74 Å². The molecule has 0 saturated heterocycles. The van der Waals surface area contributed by atoms with Crippen molar-refractivity contribution in [2.75, 3.05) is 13.2 Å². The van der Waals surface area contributed by atoms with Crippen LogP contribution in [0.25, 0.3) is 0 Å². The van der Waals surface area contributed by atoms with Crippen LogP contribution in [0.15, 0.2) is 66.0 Å². The Morgan fingerprint density at radius 1 is 1.06 bits per heavy atom. The third-order valence-electron chi connectivity index (χ3n) is 7.11. The number of ether oxygens (including phenoxy) is 1. The lowest BCUT2D eigenvalue weighted by molar-refractivity contribution is -0.123. The number of thiophene rings is 1. The van der Waals surface area contributed by atoms with Gasteiger partial charge >= 0.3 is 0 Å². The fraction of sp³-hybridized carbons (Fsp3) is 0.345. The molecule has 6 nitrogen and oxygen atoms in total. The highest BCUT2D eigenvalue weighted by Crippen LogP contribution is 2.49. The van der Waals surface area contributed by atoms with Gasteiger partial charge in [-0.25, -0.2) is 0 Å². The third-order valence-corrected chi connectivity index (χ3v) is 8.11. The summed E-state index contributed by atoms with van der Waals surface area (Å²) in [5, 5.41) is 5.17. The predicted octanol–water partition coefficient (Wildman–Crippen LogP) is 5.43. The Bertz CT molecular complexity index is 1220. The van der Waals surface area contributed by atoms with Crippen molar-refractivity contribution < 1.29 is 19.1 Å². The minimum atomic E-state index is -0.520. The molecule has 4 atom stereocenters. The lowest BCUT2D eigenvalue weighted by Gasteiger charge is -2.24. The maximum absolute atomic E-state index is 13.2. The van der Waals surface area contributed by atoms with E-state index in [0.29, 0.717) is 23.7 Å². The molecule has 0 unspecified atom stereocenters. The van der Waals surface area contributed by atoms with Crippen LogP contribution < -0.4 is 10.1 Å². The Morgan fingerprint density at radius 3 is 2.36 bits per heavy atom. The molecule has 2 heterocycles. The van der Waals surface area contributed by atoms with Crippen molar-refractivity contribution in [3.05, 3.63) is 87.6 Å². The first-order valence-corrected chi connectivity index (χ1v) is 13.4. The molecule has 186 valence electrons. The third kappa shape index (κ3) is 4.93. The van der Waals surface area contributed by atoms with Crippen LogP contribution in [0, 0.1) is 11.8 Å². The average Bonchev–Trinajstić information content (AvgIpc) is 3.45. The molecule has 0 radical (unpaired) electrons. The van der Waals surface area contributed by atoms with Crippen molar-refractivity contribution in [3.63, 3.8) is 0 Å². The van der Waals surface area contributed by atoms with E-state index >= 15 is 0 Å². The van der Waals surface area contributed by atoms with Crippen LogP contribution in [0.1, 0.15) is 69.8 Å². The number of hydrogen-bond donors (Lipinski definition) is 1. The maximum atomic E-state index is 13.2. The van der Waals surface area contributed by atoms with Gasteiger partial charge in [-0.15, -0.1) is 11.3 Å². The Morgan fingerprint density at radius 2 is 1.75 bits per heavy atom. The first kappa shape index (κ1) is 24.3. The number of hydrogen-bond acceptors (Lipinski definition) is 5. The summed E-state index contributed by atoms with van der Waals surface area (Å²) in [4.78, 5) is 41.7. The summed E-state index contributed by atoms with van der Waals surface area (Å²) in [6.07, 6.45) is 1.86. The summed E-state index contributed by atoms with van der Waals surface area (Å²) in [6, 6.07) is 18.0. The minimum absolute atomic E-state index is 0.0490. The minimum Gasteiger partial charge on any atom is -0.493 e. The molecular weight excluding hydrogens is 472 g/mol. The SMILES string of the molecule is CC[C@H](C)COc1ccc([C@H](CN2C(=O)c3ccccc3C2=O)NC(=O)[C@H]2C[C@@H]2c2cccs2)cc1. The summed E-state index contributed by atoms with van der Waals surface area (Å²) in [5.74, 6) is 0.655. The Hall–Kier alpha value is -3.45. The van der Waals surface area contributed by atoms with E-state index in [1.165, 1.54) is 9.78 Å². The number of nitrogens with one attached hydrogen (secondary N) is 1. The molecule has 36 heavy (non-hydrogen) atoms. The number of nitrogens with zero attached hydrogens (tertiary/aromatic N) is 1. The van der Waals surface area contributed by atoms with Gasteiger partial charge in [-0.3, -0.25) is 19.3 Å². The number of imide groups is 1. The molecule has 2 aliphatic rings. The van der Waals surface area contributed by atoms with Crippen LogP contribution >= 0.6 is 11.3 Å². The highest BCUT2D eigenvalue weighted by molar-refractivity contribution is 7.10. The fourth-order valence-electron chi connectivity index (χ4n) is 4.55. The van der Waals surface area contributed by atoms with Crippen molar-refractivity contribution in [1.82, 2.24) is 10.2 Å². The van der Waals surface area contributed by atoms with Gasteiger partial charge in [0, 0.05) is 16.7 Å². The molecule has 5 rings (SSSR count). The molecule has 1 fully saturated rings. The van der Waals surface area contributed by atoms with Crippen LogP contribution in [0.3, 0.4) is 0 Å². The van der Waals surface area contributed by atoms with Gasteiger partial charge in [0.15, 0.2) is 0 Å². The van der Waals surface area contributed by atoms with Gasteiger partial charge in [0.25, 0.3) is 11.8 Å². The second-order valence-corrected chi connectivity index (χ2v) is 10.7. The number of carbonyl (C=O) groups excluding carboxylic acids is 3. The predicted molar refractivity (Wildman–Crippen MR) is 139 cm³/mol. The standard InChI is InChI=1S/C29H30N2O4S/c1-3-18(2)17-35-20-12-10-19(11-13-20)25(30-27(32)24-15-23(24)26-9-6-14-36-26)16-31-28(33)21-7-4-5-8-22(21)29(31)34/h4-14,18,23-25H,3,15-17H2,1-2H3,(H,30,32)/t18-,23-,24-,25-/m0/s1. The number of amides is 3. The van der Waals surface area contributed by atoms with Crippen LogP contribution in [0.5, 0.6) is 5.75 Å². The molecule has 7 heteroatoms. The molecule has 3 aromatic rings. The van der Waals surface area contributed by atoms with E-state index in [1.54, 1.807) is 35.6 Å². The van der Waals surface area contributed by atoms with Crippen LogP contribution in [0.2, 0.25) is 0 Å². The van der Waals surface area contributed by atoms with Gasteiger partial charge in [-0.2, -0.15) is 0 Å². The average molecular weight is 503 g/mol. The zero-order valence-electron chi connectivity index (χ0n) is 20.5.